The molecule has 1 aromatic rings. The number of benzene rings is 1. The molecule has 1 saturated carbocycles. The van der Waals surface area contributed by atoms with Gasteiger partial charge in [0.2, 0.25) is 5.91 Å². The van der Waals surface area contributed by atoms with Crippen LogP contribution in [0.15, 0.2) is 30.3 Å². The van der Waals surface area contributed by atoms with Crippen molar-refractivity contribution in [1.29, 1.82) is 0 Å². The molecule has 4 nitrogen and oxygen atoms in total. The van der Waals surface area contributed by atoms with Gasteiger partial charge in [0.05, 0.1) is 6.04 Å². The summed E-state index contributed by atoms with van der Waals surface area (Å²) in [7, 11) is 1.72. The summed E-state index contributed by atoms with van der Waals surface area (Å²) in [5, 5.41) is 3.01. The Morgan fingerprint density at radius 1 is 1.38 bits per heavy atom. The SMILES string of the molecule is COCCC1(CNC(=O)C(N)CCc2ccccc2)CC1. The molecular formula is C17H26N2O2. The number of nitrogens with two attached hydrogens (primary N) is 1. The third-order valence-corrected chi connectivity index (χ3v) is 4.35. The number of nitrogens with one attached hydrogen (secondary N) is 1. The summed E-state index contributed by atoms with van der Waals surface area (Å²) in [6, 6.07) is 9.71. The van der Waals surface area contributed by atoms with Crippen LogP contribution in [0.5, 0.6) is 0 Å². The highest BCUT2D eigenvalue weighted by Crippen LogP contribution is 2.48. The molecular weight excluding hydrogens is 264 g/mol. The fraction of sp³-hybridized carbons (Fsp3) is 0.588. The summed E-state index contributed by atoms with van der Waals surface area (Å²) in [6.07, 6.45) is 4.89. The number of carbonyl (C=O) groups is 1. The van der Waals surface area contributed by atoms with E-state index in [2.05, 4.69) is 17.4 Å². The first kappa shape index (κ1) is 16.0. The minimum atomic E-state index is -0.427. The number of rotatable bonds is 9. The Morgan fingerprint density at radius 3 is 2.71 bits per heavy atom. The molecule has 1 aliphatic rings. The molecule has 1 fully saturated rings. The fourth-order valence-electron chi connectivity index (χ4n) is 2.51. The maximum absolute atomic E-state index is 12.0. The van der Waals surface area contributed by atoms with E-state index in [1.54, 1.807) is 7.11 Å². The van der Waals surface area contributed by atoms with Crippen LogP contribution in [0.3, 0.4) is 0 Å². The lowest BCUT2D eigenvalue weighted by Crippen LogP contribution is -2.43. The summed E-state index contributed by atoms with van der Waals surface area (Å²) in [6.45, 7) is 1.49. The molecule has 0 radical (unpaired) electrons. The molecule has 0 spiro atoms. The summed E-state index contributed by atoms with van der Waals surface area (Å²) in [5.41, 5.74) is 7.47. The topological polar surface area (TPSA) is 64.3 Å². The van der Waals surface area contributed by atoms with Gasteiger partial charge in [-0.1, -0.05) is 30.3 Å². The van der Waals surface area contributed by atoms with E-state index < -0.39 is 6.04 Å². The van der Waals surface area contributed by atoms with Crippen LogP contribution in [-0.4, -0.2) is 32.2 Å². The van der Waals surface area contributed by atoms with Crippen molar-refractivity contribution in [3.05, 3.63) is 35.9 Å². The van der Waals surface area contributed by atoms with E-state index in [0.29, 0.717) is 6.42 Å². The zero-order valence-electron chi connectivity index (χ0n) is 12.8. The first-order valence-corrected chi connectivity index (χ1v) is 7.71. The van der Waals surface area contributed by atoms with E-state index in [0.717, 1.165) is 26.0 Å². The van der Waals surface area contributed by atoms with Gasteiger partial charge in [0.15, 0.2) is 0 Å². The zero-order chi connectivity index (χ0) is 15.1. The maximum atomic E-state index is 12.0. The predicted octanol–water partition coefficient (Wildman–Crippen LogP) is 1.88. The molecule has 1 aliphatic carbocycles. The highest BCUT2D eigenvalue weighted by Gasteiger charge is 2.42. The van der Waals surface area contributed by atoms with Crippen molar-refractivity contribution in [2.24, 2.45) is 11.1 Å². The van der Waals surface area contributed by atoms with Gasteiger partial charge >= 0.3 is 0 Å². The Balaban J connectivity index is 1.68. The van der Waals surface area contributed by atoms with Crippen LogP contribution in [0.2, 0.25) is 0 Å². The largest absolute Gasteiger partial charge is 0.385 e. The third kappa shape index (κ3) is 5.14. The van der Waals surface area contributed by atoms with Crippen LogP contribution < -0.4 is 11.1 Å². The number of amides is 1. The molecule has 1 unspecified atom stereocenters. The third-order valence-electron chi connectivity index (χ3n) is 4.35. The Morgan fingerprint density at radius 2 is 2.10 bits per heavy atom. The highest BCUT2D eigenvalue weighted by atomic mass is 16.5. The lowest BCUT2D eigenvalue weighted by molar-refractivity contribution is -0.122. The quantitative estimate of drug-likeness (QED) is 0.730. The van der Waals surface area contributed by atoms with Crippen LogP contribution in [0.4, 0.5) is 0 Å². The van der Waals surface area contributed by atoms with Crippen molar-refractivity contribution < 1.29 is 9.53 Å². The molecule has 0 bridgehead atoms. The zero-order valence-corrected chi connectivity index (χ0v) is 12.8. The van der Waals surface area contributed by atoms with Crippen LogP contribution in [0.25, 0.3) is 0 Å². The summed E-state index contributed by atoms with van der Waals surface area (Å²) in [5.74, 6) is -0.0328. The molecule has 0 saturated heterocycles. The van der Waals surface area contributed by atoms with Gasteiger partial charge in [-0.3, -0.25) is 4.79 Å². The van der Waals surface area contributed by atoms with Crippen molar-refractivity contribution in [3.63, 3.8) is 0 Å². The molecule has 0 heterocycles. The fourth-order valence-corrected chi connectivity index (χ4v) is 2.51. The van der Waals surface area contributed by atoms with E-state index in [1.165, 1.54) is 18.4 Å². The number of aryl methyl sites for hydroxylation is 1. The van der Waals surface area contributed by atoms with E-state index in [9.17, 15) is 4.79 Å². The second-order valence-electron chi connectivity index (χ2n) is 6.09. The number of methoxy groups -OCH3 is 1. The van der Waals surface area contributed by atoms with Gasteiger partial charge in [-0.2, -0.15) is 0 Å². The van der Waals surface area contributed by atoms with Crippen molar-refractivity contribution in [2.45, 2.75) is 38.1 Å². The van der Waals surface area contributed by atoms with Crippen molar-refractivity contribution >= 4 is 5.91 Å². The number of hydrogen-bond acceptors (Lipinski definition) is 3. The standard InChI is InChI=1S/C17H26N2O2/c1-21-12-11-17(9-10-17)13-19-16(20)15(18)8-7-14-5-3-2-4-6-14/h2-6,15H,7-13,18H2,1H3,(H,19,20). The Hall–Kier alpha value is -1.39. The van der Waals surface area contributed by atoms with Crippen LogP contribution >= 0.6 is 0 Å². The van der Waals surface area contributed by atoms with E-state index in [4.69, 9.17) is 10.5 Å². The second-order valence-corrected chi connectivity index (χ2v) is 6.09. The Kier molecular flexibility index (Phi) is 5.76. The molecule has 1 amide bonds. The second kappa shape index (κ2) is 7.57. The number of carbonyl (C=O) groups excluding carboxylic acids is 1. The van der Waals surface area contributed by atoms with Crippen LogP contribution in [0, 0.1) is 5.41 Å². The molecule has 0 aromatic heterocycles. The van der Waals surface area contributed by atoms with E-state index in [1.807, 2.05) is 18.2 Å². The molecule has 1 aromatic carbocycles. The van der Waals surface area contributed by atoms with Gasteiger partial charge in [-0.15, -0.1) is 0 Å². The monoisotopic (exact) mass is 290 g/mol. The van der Waals surface area contributed by atoms with E-state index in [-0.39, 0.29) is 11.3 Å². The van der Waals surface area contributed by atoms with E-state index >= 15 is 0 Å². The number of hydrogen-bond donors (Lipinski definition) is 2. The summed E-state index contributed by atoms with van der Waals surface area (Å²) in [4.78, 5) is 12.0. The molecule has 2 rings (SSSR count). The molecule has 4 heteroatoms. The van der Waals surface area contributed by atoms with Gasteiger partial charge in [0, 0.05) is 20.3 Å². The van der Waals surface area contributed by atoms with Crippen molar-refractivity contribution in [3.8, 4) is 0 Å². The highest BCUT2D eigenvalue weighted by molar-refractivity contribution is 5.81. The van der Waals surface area contributed by atoms with Crippen LogP contribution in [-0.2, 0) is 16.0 Å². The Labute approximate surface area is 127 Å². The van der Waals surface area contributed by atoms with Gasteiger partial charge < -0.3 is 15.8 Å². The minimum absolute atomic E-state index is 0.0328. The lowest BCUT2D eigenvalue weighted by atomic mass is 10.0. The first-order chi connectivity index (χ1) is 10.2. The van der Waals surface area contributed by atoms with Gasteiger partial charge in [0.1, 0.15) is 0 Å². The van der Waals surface area contributed by atoms with Crippen molar-refractivity contribution in [2.75, 3.05) is 20.3 Å². The normalized spacial score (nSPS) is 17.2. The van der Waals surface area contributed by atoms with Gasteiger partial charge in [-0.25, -0.2) is 0 Å². The summed E-state index contributed by atoms with van der Waals surface area (Å²) >= 11 is 0. The Bertz CT molecular complexity index is 443. The average molecular weight is 290 g/mol. The molecule has 116 valence electrons. The van der Waals surface area contributed by atoms with Crippen molar-refractivity contribution in [1.82, 2.24) is 5.32 Å². The summed E-state index contributed by atoms with van der Waals surface area (Å²) < 4.78 is 5.12. The molecule has 3 N–H and O–H groups in total. The predicted molar refractivity (Wildman–Crippen MR) is 83.9 cm³/mol. The minimum Gasteiger partial charge on any atom is -0.385 e. The molecule has 0 aliphatic heterocycles. The lowest BCUT2D eigenvalue weighted by Gasteiger charge is -2.18. The molecule has 1 atom stereocenters. The maximum Gasteiger partial charge on any atom is 0.236 e. The molecule has 21 heavy (non-hydrogen) atoms. The number of ether oxygens (including phenoxy) is 1. The first-order valence-electron chi connectivity index (χ1n) is 7.71. The van der Waals surface area contributed by atoms with Gasteiger partial charge in [-0.05, 0) is 43.1 Å². The smallest absolute Gasteiger partial charge is 0.236 e. The van der Waals surface area contributed by atoms with Crippen LogP contribution in [0.1, 0.15) is 31.2 Å². The average Bonchev–Trinajstić information content (AvgIpc) is 3.30. The van der Waals surface area contributed by atoms with Gasteiger partial charge in [0.25, 0.3) is 0 Å².